The first-order chi connectivity index (χ1) is 12.8. The molecule has 2 aliphatic carbocycles. The van der Waals surface area contributed by atoms with Gasteiger partial charge in [0, 0.05) is 32.0 Å². The maximum Gasteiger partial charge on any atom is 0.233 e. The van der Waals surface area contributed by atoms with E-state index in [1.807, 2.05) is 4.90 Å². The van der Waals surface area contributed by atoms with Gasteiger partial charge < -0.3 is 14.2 Å². The van der Waals surface area contributed by atoms with E-state index < -0.39 is 0 Å². The molecule has 2 heterocycles. The van der Waals surface area contributed by atoms with E-state index >= 15 is 0 Å². The van der Waals surface area contributed by atoms with Crippen molar-refractivity contribution in [3.05, 3.63) is 11.7 Å². The van der Waals surface area contributed by atoms with Crippen LogP contribution in [0.25, 0.3) is 0 Å². The van der Waals surface area contributed by atoms with Crippen LogP contribution in [0.15, 0.2) is 4.52 Å². The minimum Gasteiger partial charge on any atom is -0.381 e. The number of carbonyl (C=O) groups is 1. The van der Waals surface area contributed by atoms with E-state index in [1.54, 1.807) is 0 Å². The number of hydrogen-bond acceptors (Lipinski definition) is 5. The minimum atomic E-state index is 0.211. The Labute approximate surface area is 155 Å². The summed E-state index contributed by atoms with van der Waals surface area (Å²) in [6, 6.07) is 0. The van der Waals surface area contributed by atoms with Crippen LogP contribution in [0.1, 0.15) is 75.4 Å². The number of likely N-dealkylation sites (tertiary alicyclic amines) is 1. The standard InChI is InChI=1S/C20H31N3O3/c24-20(16-8-2-1-3-9-16)23-12-17(13-23)19-21-18(22-26-19)10-11-25-14-15-6-4-5-7-15/h15-17H,1-14H2. The monoisotopic (exact) mass is 361 g/mol. The van der Waals surface area contributed by atoms with Gasteiger partial charge in [-0.1, -0.05) is 37.3 Å². The normalized spacial score (nSPS) is 22.7. The Bertz CT molecular complexity index is 585. The lowest BCUT2D eigenvalue weighted by molar-refractivity contribution is -0.141. The van der Waals surface area contributed by atoms with Crippen LogP contribution in [-0.4, -0.2) is 47.3 Å². The van der Waals surface area contributed by atoms with E-state index in [0.717, 1.165) is 44.3 Å². The molecule has 2 saturated carbocycles. The molecule has 3 aliphatic rings. The molecule has 0 aromatic carbocycles. The second-order valence-electron chi connectivity index (χ2n) is 8.30. The Morgan fingerprint density at radius 3 is 2.58 bits per heavy atom. The number of nitrogens with zero attached hydrogens (tertiary/aromatic N) is 3. The largest absolute Gasteiger partial charge is 0.381 e. The Morgan fingerprint density at radius 2 is 1.81 bits per heavy atom. The number of ether oxygens (including phenoxy) is 1. The van der Waals surface area contributed by atoms with Gasteiger partial charge in [0.15, 0.2) is 5.82 Å². The third-order valence-electron chi connectivity index (χ3n) is 6.28. The highest BCUT2D eigenvalue weighted by Gasteiger charge is 2.38. The molecule has 0 bridgehead atoms. The molecule has 1 amide bonds. The quantitative estimate of drug-likeness (QED) is 0.697. The van der Waals surface area contributed by atoms with Crippen LogP contribution >= 0.6 is 0 Å². The van der Waals surface area contributed by atoms with Gasteiger partial charge in [0.1, 0.15) is 0 Å². The molecule has 0 unspecified atom stereocenters. The highest BCUT2D eigenvalue weighted by molar-refractivity contribution is 5.79. The van der Waals surface area contributed by atoms with Crippen molar-refractivity contribution in [2.75, 3.05) is 26.3 Å². The van der Waals surface area contributed by atoms with Gasteiger partial charge in [-0.3, -0.25) is 4.79 Å². The van der Waals surface area contributed by atoms with E-state index in [9.17, 15) is 4.79 Å². The summed E-state index contributed by atoms with van der Waals surface area (Å²) in [5.41, 5.74) is 0. The van der Waals surface area contributed by atoms with Crippen LogP contribution in [0.4, 0.5) is 0 Å². The van der Waals surface area contributed by atoms with Crippen LogP contribution in [0.2, 0.25) is 0 Å². The Hall–Kier alpha value is -1.43. The van der Waals surface area contributed by atoms with Crippen molar-refractivity contribution in [3.8, 4) is 0 Å². The van der Waals surface area contributed by atoms with E-state index in [-0.39, 0.29) is 11.8 Å². The maximum absolute atomic E-state index is 12.5. The first kappa shape index (κ1) is 18.0. The van der Waals surface area contributed by atoms with Crippen molar-refractivity contribution in [1.29, 1.82) is 0 Å². The Balaban J connectivity index is 1.16. The molecular formula is C20H31N3O3. The van der Waals surface area contributed by atoms with Gasteiger partial charge in [-0.2, -0.15) is 4.98 Å². The Kier molecular flexibility index (Phi) is 5.88. The van der Waals surface area contributed by atoms with E-state index in [1.165, 1.54) is 44.9 Å². The molecule has 0 atom stereocenters. The SMILES string of the molecule is O=C(C1CCCCC1)N1CC(c2nc(CCOCC3CCCC3)no2)C1. The van der Waals surface area contributed by atoms with Gasteiger partial charge in [0.2, 0.25) is 11.8 Å². The molecule has 4 rings (SSSR count). The smallest absolute Gasteiger partial charge is 0.233 e. The average Bonchev–Trinajstić information content (AvgIpc) is 3.30. The molecular weight excluding hydrogens is 330 g/mol. The molecule has 144 valence electrons. The molecule has 26 heavy (non-hydrogen) atoms. The predicted octanol–water partition coefficient (Wildman–Crippen LogP) is 3.33. The van der Waals surface area contributed by atoms with Crippen LogP contribution in [0.3, 0.4) is 0 Å². The molecule has 1 aromatic heterocycles. The molecule has 0 spiro atoms. The van der Waals surface area contributed by atoms with Crippen molar-refractivity contribution in [2.45, 2.75) is 70.1 Å². The number of rotatable bonds is 7. The summed E-state index contributed by atoms with van der Waals surface area (Å²) in [6.45, 7) is 2.99. The fourth-order valence-electron chi connectivity index (χ4n) is 4.55. The van der Waals surface area contributed by atoms with Gasteiger partial charge in [0.25, 0.3) is 0 Å². The van der Waals surface area contributed by atoms with Crippen LogP contribution in [0.5, 0.6) is 0 Å². The molecule has 3 fully saturated rings. The second-order valence-corrected chi connectivity index (χ2v) is 8.30. The lowest BCUT2D eigenvalue weighted by Gasteiger charge is -2.39. The van der Waals surface area contributed by atoms with E-state index in [4.69, 9.17) is 9.26 Å². The Morgan fingerprint density at radius 1 is 1.08 bits per heavy atom. The average molecular weight is 361 g/mol. The van der Waals surface area contributed by atoms with Crippen molar-refractivity contribution >= 4 is 5.91 Å². The minimum absolute atomic E-state index is 0.211. The summed E-state index contributed by atoms with van der Waals surface area (Å²) in [6.07, 6.45) is 11.8. The highest BCUT2D eigenvalue weighted by Crippen LogP contribution is 2.31. The fraction of sp³-hybridized carbons (Fsp3) is 0.850. The summed E-state index contributed by atoms with van der Waals surface area (Å²) in [5.74, 6) is 2.95. The lowest BCUT2D eigenvalue weighted by Crippen LogP contribution is -2.51. The first-order valence-corrected chi connectivity index (χ1v) is 10.5. The zero-order chi connectivity index (χ0) is 17.8. The lowest BCUT2D eigenvalue weighted by atomic mass is 9.86. The number of hydrogen-bond donors (Lipinski definition) is 0. The number of aromatic nitrogens is 2. The van der Waals surface area contributed by atoms with Gasteiger partial charge in [-0.15, -0.1) is 0 Å². The van der Waals surface area contributed by atoms with Crippen molar-refractivity contribution in [2.24, 2.45) is 11.8 Å². The number of amides is 1. The van der Waals surface area contributed by atoms with Gasteiger partial charge >= 0.3 is 0 Å². The van der Waals surface area contributed by atoms with Crippen LogP contribution in [0, 0.1) is 11.8 Å². The van der Waals surface area contributed by atoms with E-state index in [2.05, 4.69) is 10.1 Å². The van der Waals surface area contributed by atoms with Crippen LogP contribution < -0.4 is 0 Å². The van der Waals surface area contributed by atoms with Crippen LogP contribution in [-0.2, 0) is 16.0 Å². The van der Waals surface area contributed by atoms with Crippen molar-refractivity contribution in [3.63, 3.8) is 0 Å². The molecule has 0 radical (unpaired) electrons. The maximum atomic E-state index is 12.5. The van der Waals surface area contributed by atoms with Crippen molar-refractivity contribution in [1.82, 2.24) is 15.0 Å². The first-order valence-electron chi connectivity index (χ1n) is 10.5. The van der Waals surface area contributed by atoms with Gasteiger partial charge in [-0.05, 0) is 31.6 Å². The molecule has 1 aromatic rings. The van der Waals surface area contributed by atoms with Gasteiger partial charge in [-0.25, -0.2) is 0 Å². The second kappa shape index (κ2) is 8.51. The topological polar surface area (TPSA) is 68.5 Å². The zero-order valence-corrected chi connectivity index (χ0v) is 15.7. The summed E-state index contributed by atoms with van der Waals surface area (Å²) in [7, 11) is 0. The summed E-state index contributed by atoms with van der Waals surface area (Å²) >= 11 is 0. The summed E-state index contributed by atoms with van der Waals surface area (Å²) in [5, 5.41) is 4.08. The summed E-state index contributed by atoms with van der Waals surface area (Å²) < 4.78 is 11.2. The van der Waals surface area contributed by atoms with E-state index in [0.29, 0.717) is 24.8 Å². The molecule has 6 nitrogen and oxygen atoms in total. The summed E-state index contributed by atoms with van der Waals surface area (Å²) in [4.78, 5) is 19.0. The molecule has 1 aliphatic heterocycles. The fourth-order valence-corrected chi connectivity index (χ4v) is 4.55. The van der Waals surface area contributed by atoms with Gasteiger partial charge in [0.05, 0.1) is 12.5 Å². The predicted molar refractivity (Wildman–Crippen MR) is 96.7 cm³/mol. The third kappa shape index (κ3) is 4.27. The molecule has 0 N–H and O–H groups in total. The molecule has 6 heteroatoms. The highest BCUT2D eigenvalue weighted by atomic mass is 16.5. The zero-order valence-electron chi connectivity index (χ0n) is 15.7. The molecule has 1 saturated heterocycles. The third-order valence-corrected chi connectivity index (χ3v) is 6.28. The number of carbonyl (C=O) groups excluding carboxylic acids is 1. The van der Waals surface area contributed by atoms with Crippen molar-refractivity contribution < 1.29 is 14.1 Å².